The Bertz CT molecular complexity index is 541. The SMILES string of the molecule is CCN(CC(F)(F)F)S(=O)(=O)c1cc(CO)sc1Br. The minimum absolute atomic E-state index is 0.178. The maximum absolute atomic E-state index is 12.4. The molecule has 0 fully saturated rings. The molecule has 110 valence electrons. The minimum Gasteiger partial charge on any atom is -0.391 e. The lowest BCUT2D eigenvalue weighted by Crippen LogP contribution is -2.38. The van der Waals surface area contributed by atoms with E-state index in [0.29, 0.717) is 9.18 Å². The summed E-state index contributed by atoms with van der Waals surface area (Å²) >= 11 is 3.96. The lowest BCUT2D eigenvalue weighted by Gasteiger charge is -2.21. The van der Waals surface area contributed by atoms with Crippen molar-refractivity contribution in [1.29, 1.82) is 0 Å². The van der Waals surface area contributed by atoms with Gasteiger partial charge >= 0.3 is 6.18 Å². The van der Waals surface area contributed by atoms with E-state index in [1.807, 2.05) is 0 Å². The second kappa shape index (κ2) is 6.08. The van der Waals surface area contributed by atoms with Crippen LogP contribution < -0.4 is 0 Å². The van der Waals surface area contributed by atoms with E-state index >= 15 is 0 Å². The summed E-state index contributed by atoms with van der Waals surface area (Å²) in [7, 11) is -4.24. The number of hydrogen-bond acceptors (Lipinski definition) is 4. The second-order valence-corrected chi connectivity index (χ2v) is 7.92. The Morgan fingerprint density at radius 2 is 2.05 bits per heavy atom. The number of thiophene rings is 1. The van der Waals surface area contributed by atoms with E-state index in [-0.39, 0.29) is 21.8 Å². The average Bonchev–Trinajstić information content (AvgIpc) is 2.66. The van der Waals surface area contributed by atoms with E-state index in [0.717, 1.165) is 11.3 Å². The fourth-order valence-electron chi connectivity index (χ4n) is 1.36. The van der Waals surface area contributed by atoms with Crippen molar-refractivity contribution in [3.05, 3.63) is 14.7 Å². The van der Waals surface area contributed by atoms with Gasteiger partial charge in [0.05, 0.1) is 10.4 Å². The third-order valence-corrected chi connectivity index (χ3v) is 6.35. The van der Waals surface area contributed by atoms with Crippen LogP contribution in [0.15, 0.2) is 14.7 Å². The van der Waals surface area contributed by atoms with Gasteiger partial charge in [0.1, 0.15) is 11.4 Å². The molecule has 0 aliphatic carbocycles. The summed E-state index contributed by atoms with van der Waals surface area (Å²) < 4.78 is 61.8. The highest BCUT2D eigenvalue weighted by Crippen LogP contribution is 2.34. The molecule has 0 saturated heterocycles. The summed E-state index contributed by atoms with van der Waals surface area (Å²) in [6.07, 6.45) is -4.61. The fraction of sp³-hybridized carbons (Fsp3) is 0.556. The number of halogens is 4. The van der Waals surface area contributed by atoms with E-state index in [9.17, 15) is 21.6 Å². The first-order valence-electron chi connectivity index (χ1n) is 5.07. The molecule has 1 N–H and O–H groups in total. The van der Waals surface area contributed by atoms with Gasteiger partial charge in [0.15, 0.2) is 0 Å². The van der Waals surface area contributed by atoms with Crippen LogP contribution in [-0.4, -0.2) is 37.1 Å². The molecule has 0 aromatic carbocycles. The Hall–Kier alpha value is -0.160. The van der Waals surface area contributed by atoms with Gasteiger partial charge in [-0.3, -0.25) is 0 Å². The zero-order valence-corrected chi connectivity index (χ0v) is 13.0. The van der Waals surface area contributed by atoms with Crippen molar-refractivity contribution in [3.63, 3.8) is 0 Å². The molecular formula is C9H11BrF3NO3S2. The summed E-state index contributed by atoms with van der Waals surface area (Å²) in [5.74, 6) is 0. The van der Waals surface area contributed by atoms with Crippen LogP contribution in [0.5, 0.6) is 0 Å². The summed E-state index contributed by atoms with van der Waals surface area (Å²) in [4.78, 5) is 0.0983. The third-order valence-electron chi connectivity index (χ3n) is 2.19. The summed E-state index contributed by atoms with van der Waals surface area (Å²) in [5.41, 5.74) is 0. The third kappa shape index (κ3) is 4.15. The lowest BCUT2D eigenvalue weighted by molar-refractivity contribution is -0.135. The average molecular weight is 382 g/mol. The van der Waals surface area contributed by atoms with E-state index in [2.05, 4.69) is 15.9 Å². The van der Waals surface area contributed by atoms with Crippen molar-refractivity contribution in [2.75, 3.05) is 13.1 Å². The highest BCUT2D eigenvalue weighted by Gasteiger charge is 2.37. The maximum Gasteiger partial charge on any atom is 0.402 e. The fourth-order valence-corrected chi connectivity index (χ4v) is 5.28. The summed E-state index contributed by atoms with van der Waals surface area (Å²) in [5, 5.41) is 8.92. The molecule has 0 aliphatic rings. The second-order valence-electron chi connectivity index (χ2n) is 3.56. The first kappa shape index (κ1) is 16.9. The Morgan fingerprint density at radius 1 is 1.47 bits per heavy atom. The van der Waals surface area contributed by atoms with Crippen LogP contribution in [0.4, 0.5) is 13.2 Å². The summed E-state index contributed by atoms with van der Waals surface area (Å²) in [6, 6.07) is 1.17. The van der Waals surface area contributed by atoms with Crippen LogP contribution in [0, 0.1) is 0 Å². The highest BCUT2D eigenvalue weighted by atomic mass is 79.9. The quantitative estimate of drug-likeness (QED) is 0.852. The number of alkyl halides is 3. The molecule has 0 unspecified atom stereocenters. The molecule has 1 heterocycles. The van der Waals surface area contributed by atoms with Gasteiger partial charge in [0, 0.05) is 11.4 Å². The minimum atomic E-state index is -4.61. The predicted molar refractivity (Wildman–Crippen MR) is 68.4 cm³/mol. The van der Waals surface area contributed by atoms with E-state index in [4.69, 9.17) is 5.11 Å². The monoisotopic (exact) mass is 381 g/mol. The maximum atomic E-state index is 12.4. The molecule has 10 heteroatoms. The molecule has 0 aliphatic heterocycles. The molecule has 0 radical (unpaired) electrons. The molecule has 0 bridgehead atoms. The number of nitrogens with zero attached hydrogens (tertiary/aromatic N) is 1. The predicted octanol–water partition coefficient (Wildman–Crippen LogP) is 2.58. The molecule has 1 aromatic rings. The van der Waals surface area contributed by atoms with E-state index < -0.39 is 22.7 Å². The normalized spacial score (nSPS) is 13.2. The molecule has 0 amide bonds. The van der Waals surface area contributed by atoms with Crippen molar-refractivity contribution >= 4 is 37.3 Å². The standard InChI is InChI=1S/C9H11BrF3NO3S2/c1-2-14(5-9(11,12)13)19(16,17)7-3-6(4-15)18-8(7)10/h3,15H,2,4-5H2,1H3. The van der Waals surface area contributed by atoms with Crippen molar-refractivity contribution in [1.82, 2.24) is 4.31 Å². The van der Waals surface area contributed by atoms with Gasteiger partial charge in [0.2, 0.25) is 10.0 Å². The molecule has 19 heavy (non-hydrogen) atoms. The molecule has 4 nitrogen and oxygen atoms in total. The topological polar surface area (TPSA) is 57.6 Å². The van der Waals surface area contributed by atoms with Crippen molar-refractivity contribution in [2.45, 2.75) is 24.6 Å². The van der Waals surface area contributed by atoms with Crippen LogP contribution in [0.1, 0.15) is 11.8 Å². The lowest BCUT2D eigenvalue weighted by atomic mass is 10.5. The molecule has 0 atom stereocenters. The van der Waals surface area contributed by atoms with Gasteiger partial charge in [-0.05, 0) is 22.0 Å². The van der Waals surface area contributed by atoms with Crippen LogP contribution in [-0.2, 0) is 16.6 Å². The number of aliphatic hydroxyl groups is 1. The first-order valence-corrected chi connectivity index (χ1v) is 8.12. The molecule has 1 rings (SSSR count). The smallest absolute Gasteiger partial charge is 0.391 e. The zero-order valence-electron chi connectivity index (χ0n) is 9.74. The molecule has 0 saturated carbocycles. The molecular weight excluding hydrogens is 371 g/mol. The van der Waals surface area contributed by atoms with Crippen LogP contribution in [0.2, 0.25) is 0 Å². The first-order chi connectivity index (χ1) is 8.61. The highest BCUT2D eigenvalue weighted by molar-refractivity contribution is 9.11. The Balaban J connectivity index is 3.17. The molecule has 0 spiro atoms. The number of hydrogen-bond donors (Lipinski definition) is 1. The van der Waals surface area contributed by atoms with Crippen LogP contribution >= 0.6 is 27.3 Å². The van der Waals surface area contributed by atoms with E-state index in [1.165, 1.54) is 13.0 Å². The van der Waals surface area contributed by atoms with Gasteiger partial charge < -0.3 is 5.11 Å². The number of aliphatic hydroxyl groups excluding tert-OH is 1. The Labute approximate surface area is 121 Å². The van der Waals surface area contributed by atoms with Crippen molar-refractivity contribution in [3.8, 4) is 0 Å². The van der Waals surface area contributed by atoms with Gasteiger partial charge in [-0.1, -0.05) is 6.92 Å². The number of sulfonamides is 1. The summed E-state index contributed by atoms with van der Waals surface area (Å²) in [6.45, 7) is -0.873. The zero-order chi connectivity index (χ0) is 14.8. The Kier molecular flexibility index (Phi) is 5.41. The van der Waals surface area contributed by atoms with Gasteiger partial charge in [-0.15, -0.1) is 11.3 Å². The van der Waals surface area contributed by atoms with Crippen LogP contribution in [0.25, 0.3) is 0 Å². The van der Waals surface area contributed by atoms with Crippen LogP contribution in [0.3, 0.4) is 0 Å². The van der Waals surface area contributed by atoms with Gasteiger partial charge in [0.25, 0.3) is 0 Å². The van der Waals surface area contributed by atoms with Gasteiger partial charge in [-0.2, -0.15) is 17.5 Å². The van der Waals surface area contributed by atoms with Gasteiger partial charge in [-0.25, -0.2) is 8.42 Å². The van der Waals surface area contributed by atoms with Crippen molar-refractivity contribution < 1.29 is 26.7 Å². The van der Waals surface area contributed by atoms with Crippen molar-refractivity contribution in [2.24, 2.45) is 0 Å². The number of rotatable bonds is 5. The molecule has 1 aromatic heterocycles. The van der Waals surface area contributed by atoms with E-state index in [1.54, 1.807) is 0 Å². The largest absolute Gasteiger partial charge is 0.402 e. The Morgan fingerprint density at radius 3 is 2.42 bits per heavy atom.